The van der Waals surface area contributed by atoms with Crippen molar-refractivity contribution >= 4 is 17.9 Å². The van der Waals surface area contributed by atoms with Crippen molar-refractivity contribution in [2.75, 3.05) is 33.3 Å². The predicted molar refractivity (Wildman–Crippen MR) is 103 cm³/mol. The second-order valence-corrected chi connectivity index (χ2v) is 7.06. The van der Waals surface area contributed by atoms with Crippen molar-refractivity contribution in [3.8, 4) is 0 Å². The maximum absolute atomic E-state index is 12.3. The molecule has 1 unspecified atom stereocenters. The van der Waals surface area contributed by atoms with Gasteiger partial charge in [-0.15, -0.1) is 0 Å². The summed E-state index contributed by atoms with van der Waals surface area (Å²) in [4.78, 5) is 26.6. The zero-order valence-electron chi connectivity index (χ0n) is 15.8. The topological polar surface area (TPSA) is 70.7 Å². The van der Waals surface area contributed by atoms with Gasteiger partial charge in [0.25, 0.3) is 0 Å². The third kappa shape index (κ3) is 6.28. The summed E-state index contributed by atoms with van der Waals surface area (Å²) in [6.45, 7) is 6.18. The number of carbonyl (C=O) groups excluding carboxylic acids is 2. The summed E-state index contributed by atoms with van der Waals surface area (Å²) in [5, 5.41) is 5.71. The van der Waals surface area contributed by atoms with Gasteiger partial charge < -0.3 is 15.4 Å². The lowest BCUT2D eigenvalue weighted by Gasteiger charge is -2.34. The third-order valence-electron chi connectivity index (χ3n) is 4.53. The highest BCUT2D eigenvalue weighted by atomic mass is 16.5. The zero-order chi connectivity index (χ0) is 19.0. The number of hydrogen-bond acceptors (Lipinski definition) is 4. The van der Waals surface area contributed by atoms with E-state index < -0.39 is 11.6 Å². The van der Waals surface area contributed by atoms with Gasteiger partial charge in [0.2, 0.25) is 11.8 Å². The zero-order valence-corrected chi connectivity index (χ0v) is 15.8. The monoisotopic (exact) mass is 359 g/mol. The molecule has 0 aromatic heterocycles. The number of piperazine rings is 1. The summed E-state index contributed by atoms with van der Waals surface area (Å²) in [6, 6.07) is 9.57. The van der Waals surface area contributed by atoms with E-state index in [2.05, 4.69) is 10.6 Å². The van der Waals surface area contributed by atoms with Crippen LogP contribution in [0.1, 0.15) is 25.8 Å². The van der Waals surface area contributed by atoms with Gasteiger partial charge in [-0.3, -0.25) is 14.5 Å². The Kier molecular flexibility index (Phi) is 7.36. The molecule has 0 radical (unpaired) electrons. The Hall–Kier alpha value is -2.18. The average molecular weight is 359 g/mol. The predicted octanol–water partition coefficient (Wildman–Crippen LogP) is 1.43. The van der Waals surface area contributed by atoms with Gasteiger partial charge in [-0.05, 0) is 19.4 Å². The van der Waals surface area contributed by atoms with Crippen molar-refractivity contribution in [3.05, 3.63) is 42.0 Å². The van der Waals surface area contributed by atoms with Gasteiger partial charge in [0.15, 0.2) is 0 Å². The number of ether oxygens (including phenoxy) is 1. The largest absolute Gasteiger partial charge is 0.377 e. The van der Waals surface area contributed by atoms with E-state index in [0.29, 0.717) is 19.6 Å². The van der Waals surface area contributed by atoms with Gasteiger partial charge in [-0.2, -0.15) is 0 Å². The highest BCUT2D eigenvalue weighted by molar-refractivity contribution is 5.88. The molecule has 0 saturated carbocycles. The Bertz CT molecular complexity index is 628. The lowest BCUT2D eigenvalue weighted by molar-refractivity contribution is -0.134. The minimum atomic E-state index is -0.449. The van der Waals surface area contributed by atoms with Crippen LogP contribution in [0.5, 0.6) is 0 Å². The highest BCUT2D eigenvalue weighted by Gasteiger charge is 2.31. The summed E-state index contributed by atoms with van der Waals surface area (Å²) in [7, 11) is 1.61. The SMILES string of the molecule is COC(C)(C)CNC(=O)CC1C(=O)NCCN1C/C=C/c1ccccc1. The molecule has 2 N–H and O–H groups in total. The fourth-order valence-corrected chi connectivity index (χ4v) is 2.72. The Labute approximate surface area is 155 Å². The molecule has 6 heteroatoms. The Morgan fingerprint density at radius 3 is 2.81 bits per heavy atom. The summed E-state index contributed by atoms with van der Waals surface area (Å²) in [5.41, 5.74) is 0.688. The lowest BCUT2D eigenvalue weighted by Crippen LogP contribution is -2.56. The Morgan fingerprint density at radius 1 is 1.38 bits per heavy atom. The molecule has 6 nitrogen and oxygen atoms in total. The minimum Gasteiger partial charge on any atom is -0.377 e. The van der Waals surface area contributed by atoms with Crippen LogP contribution in [-0.4, -0.2) is 61.6 Å². The third-order valence-corrected chi connectivity index (χ3v) is 4.53. The molecule has 1 aromatic rings. The molecule has 142 valence electrons. The first-order valence-corrected chi connectivity index (χ1v) is 8.96. The van der Waals surface area contributed by atoms with Crippen molar-refractivity contribution in [2.24, 2.45) is 0 Å². The number of carbonyl (C=O) groups is 2. The molecule has 1 atom stereocenters. The van der Waals surface area contributed by atoms with Crippen LogP contribution in [-0.2, 0) is 14.3 Å². The maximum Gasteiger partial charge on any atom is 0.237 e. The number of nitrogens with one attached hydrogen (secondary N) is 2. The van der Waals surface area contributed by atoms with Gasteiger partial charge in [-0.25, -0.2) is 0 Å². The molecule has 0 bridgehead atoms. The van der Waals surface area contributed by atoms with Gasteiger partial charge in [-0.1, -0.05) is 42.5 Å². The van der Waals surface area contributed by atoms with Crippen LogP contribution in [0.3, 0.4) is 0 Å². The summed E-state index contributed by atoms with van der Waals surface area (Å²) in [6.07, 6.45) is 4.21. The molecule has 2 rings (SSSR count). The summed E-state index contributed by atoms with van der Waals surface area (Å²) >= 11 is 0. The van der Waals surface area contributed by atoms with Gasteiger partial charge in [0, 0.05) is 33.3 Å². The van der Waals surface area contributed by atoms with E-state index in [-0.39, 0.29) is 18.2 Å². The molecule has 2 amide bonds. The van der Waals surface area contributed by atoms with E-state index >= 15 is 0 Å². The van der Waals surface area contributed by atoms with Gasteiger partial charge >= 0.3 is 0 Å². The van der Waals surface area contributed by atoms with E-state index in [1.807, 2.05) is 61.2 Å². The maximum atomic E-state index is 12.3. The number of benzene rings is 1. The fourth-order valence-electron chi connectivity index (χ4n) is 2.72. The molecule has 0 spiro atoms. The van der Waals surface area contributed by atoms with E-state index in [0.717, 1.165) is 12.1 Å². The first-order chi connectivity index (χ1) is 12.4. The molecule has 1 aromatic carbocycles. The molecular formula is C20H29N3O3. The highest BCUT2D eigenvalue weighted by Crippen LogP contribution is 2.11. The summed E-state index contributed by atoms with van der Waals surface area (Å²) < 4.78 is 5.30. The summed E-state index contributed by atoms with van der Waals surface area (Å²) in [5.74, 6) is -0.236. The molecule has 26 heavy (non-hydrogen) atoms. The normalized spacial score (nSPS) is 18.7. The van der Waals surface area contributed by atoms with Crippen molar-refractivity contribution in [2.45, 2.75) is 31.9 Å². The smallest absolute Gasteiger partial charge is 0.237 e. The second-order valence-electron chi connectivity index (χ2n) is 7.06. The van der Waals surface area contributed by atoms with Crippen LogP contribution >= 0.6 is 0 Å². The van der Waals surface area contributed by atoms with Crippen LogP contribution in [0.15, 0.2) is 36.4 Å². The molecular weight excluding hydrogens is 330 g/mol. The quantitative estimate of drug-likeness (QED) is 0.737. The molecule has 1 aliphatic rings. The standard InChI is InChI=1S/C20H29N3O3/c1-20(2,26-3)15-22-18(24)14-17-19(25)21-11-13-23(17)12-7-10-16-8-5-4-6-9-16/h4-10,17H,11-15H2,1-3H3,(H,21,25)(H,22,24)/b10-7+. The number of nitrogens with zero attached hydrogens (tertiary/aromatic N) is 1. The van der Waals surface area contributed by atoms with Crippen LogP contribution in [0.25, 0.3) is 6.08 Å². The van der Waals surface area contributed by atoms with Crippen LogP contribution in [0.4, 0.5) is 0 Å². The Balaban J connectivity index is 1.91. The molecule has 1 aliphatic heterocycles. The van der Waals surface area contributed by atoms with Crippen LogP contribution in [0, 0.1) is 0 Å². The van der Waals surface area contributed by atoms with Crippen molar-refractivity contribution in [1.82, 2.24) is 15.5 Å². The lowest BCUT2D eigenvalue weighted by atomic mass is 10.1. The van der Waals surface area contributed by atoms with Gasteiger partial charge in [0.05, 0.1) is 18.1 Å². The molecule has 0 aliphatic carbocycles. The van der Waals surface area contributed by atoms with Crippen LogP contribution < -0.4 is 10.6 Å². The average Bonchev–Trinajstić information content (AvgIpc) is 2.64. The molecule has 1 saturated heterocycles. The van der Waals surface area contributed by atoms with Gasteiger partial charge in [0.1, 0.15) is 0 Å². The first kappa shape index (κ1) is 20.1. The second kappa shape index (κ2) is 9.50. The van der Waals surface area contributed by atoms with Crippen molar-refractivity contribution in [1.29, 1.82) is 0 Å². The Morgan fingerprint density at radius 2 is 2.12 bits per heavy atom. The van der Waals surface area contributed by atoms with E-state index in [1.54, 1.807) is 7.11 Å². The van der Waals surface area contributed by atoms with E-state index in [4.69, 9.17) is 4.74 Å². The number of methoxy groups -OCH3 is 1. The number of hydrogen-bond donors (Lipinski definition) is 2. The minimum absolute atomic E-state index is 0.0921. The van der Waals surface area contributed by atoms with E-state index in [9.17, 15) is 9.59 Å². The molecule has 1 fully saturated rings. The number of rotatable bonds is 8. The molecule has 1 heterocycles. The van der Waals surface area contributed by atoms with E-state index in [1.165, 1.54) is 0 Å². The first-order valence-electron chi connectivity index (χ1n) is 8.96. The number of amides is 2. The fraction of sp³-hybridized carbons (Fsp3) is 0.500. The van der Waals surface area contributed by atoms with Crippen molar-refractivity contribution in [3.63, 3.8) is 0 Å². The van der Waals surface area contributed by atoms with Crippen LogP contribution in [0.2, 0.25) is 0 Å². The van der Waals surface area contributed by atoms with Crippen molar-refractivity contribution < 1.29 is 14.3 Å².